The zero-order valence-electron chi connectivity index (χ0n) is 15.7. The molecule has 2 saturated heterocycles. The molecule has 0 aliphatic carbocycles. The third kappa shape index (κ3) is 4.97. The third-order valence-corrected chi connectivity index (χ3v) is 5.48. The second kappa shape index (κ2) is 9.03. The second-order valence-corrected chi connectivity index (χ2v) is 7.30. The van der Waals surface area contributed by atoms with E-state index in [2.05, 4.69) is 27.7 Å². The summed E-state index contributed by atoms with van der Waals surface area (Å²) >= 11 is 0. The Morgan fingerprint density at radius 2 is 1.96 bits per heavy atom. The highest BCUT2D eigenvalue weighted by atomic mass is 16.2. The molecule has 0 aromatic heterocycles. The number of hydrogen-bond acceptors (Lipinski definition) is 4. The minimum Gasteiger partial charge on any atom is -0.368 e. The number of carbonyl (C=O) groups is 2. The number of anilines is 1. The standard InChI is InChI=1S/C20H30N4O2/c1-16(25)23-10-12-24(13-11-23)19-5-3-2-4-18(19)15-22-20(26)7-6-17-8-9-21-14-17/h2-5,17,21H,6-15H2,1H3,(H,22,26). The smallest absolute Gasteiger partial charge is 0.220 e. The molecular weight excluding hydrogens is 328 g/mol. The van der Waals surface area contributed by atoms with Crippen molar-refractivity contribution in [2.75, 3.05) is 44.2 Å². The molecule has 2 N–H and O–H groups in total. The minimum atomic E-state index is 0.133. The van der Waals surface area contributed by atoms with Crippen LogP contribution in [0.4, 0.5) is 5.69 Å². The van der Waals surface area contributed by atoms with Gasteiger partial charge in [0.2, 0.25) is 11.8 Å². The Morgan fingerprint density at radius 1 is 1.19 bits per heavy atom. The molecule has 2 amide bonds. The van der Waals surface area contributed by atoms with Crippen LogP contribution in [0.3, 0.4) is 0 Å². The van der Waals surface area contributed by atoms with Crippen molar-refractivity contribution in [1.29, 1.82) is 0 Å². The Balaban J connectivity index is 1.50. The zero-order valence-corrected chi connectivity index (χ0v) is 15.7. The molecule has 0 saturated carbocycles. The molecule has 6 nitrogen and oxygen atoms in total. The Kier molecular flexibility index (Phi) is 6.50. The summed E-state index contributed by atoms with van der Waals surface area (Å²) in [6.07, 6.45) is 2.75. The van der Waals surface area contributed by atoms with Crippen LogP contribution in [0.15, 0.2) is 24.3 Å². The van der Waals surface area contributed by atoms with Gasteiger partial charge in [-0.1, -0.05) is 18.2 Å². The largest absolute Gasteiger partial charge is 0.368 e. The quantitative estimate of drug-likeness (QED) is 0.806. The number of piperazine rings is 1. The molecule has 142 valence electrons. The van der Waals surface area contributed by atoms with Gasteiger partial charge in [0.25, 0.3) is 0 Å². The van der Waals surface area contributed by atoms with E-state index in [0.29, 0.717) is 18.9 Å². The Bertz CT molecular complexity index is 620. The molecule has 0 radical (unpaired) electrons. The van der Waals surface area contributed by atoms with Crippen LogP contribution in [0.2, 0.25) is 0 Å². The molecule has 2 aliphatic rings. The number of hydrogen-bond donors (Lipinski definition) is 2. The van der Waals surface area contributed by atoms with Gasteiger partial charge in [-0.05, 0) is 43.5 Å². The van der Waals surface area contributed by atoms with Gasteiger partial charge in [-0.15, -0.1) is 0 Å². The number of amides is 2. The van der Waals surface area contributed by atoms with E-state index in [4.69, 9.17) is 0 Å². The molecule has 26 heavy (non-hydrogen) atoms. The maximum absolute atomic E-state index is 12.2. The summed E-state index contributed by atoms with van der Waals surface area (Å²) < 4.78 is 0. The summed E-state index contributed by atoms with van der Waals surface area (Å²) in [5.41, 5.74) is 2.30. The summed E-state index contributed by atoms with van der Waals surface area (Å²) in [5, 5.41) is 6.42. The van der Waals surface area contributed by atoms with Crippen molar-refractivity contribution in [2.45, 2.75) is 32.7 Å². The van der Waals surface area contributed by atoms with Gasteiger partial charge in [-0.25, -0.2) is 0 Å². The number of para-hydroxylation sites is 1. The van der Waals surface area contributed by atoms with Gasteiger partial charge >= 0.3 is 0 Å². The average Bonchev–Trinajstić information content (AvgIpc) is 3.18. The van der Waals surface area contributed by atoms with Gasteiger partial charge in [0.15, 0.2) is 0 Å². The first-order valence-corrected chi connectivity index (χ1v) is 9.69. The monoisotopic (exact) mass is 358 g/mol. The first-order valence-electron chi connectivity index (χ1n) is 9.69. The number of carbonyl (C=O) groups excluding carboxylic acids is 2. The Morgan fingerprint density at radius 3 is 2.65 bits per heavy atom. The Labute approximate surface area is 155 Å². The topological polar surface area (TPSA) is 64.7 Å². The van der Waals surface area contributed by atoms with E-state index >= 15 is 0 Å². The van der Waals surface area contributed by atoms with Crippen LogP contribution in [0.25, 0.3) is 0 Å². The fourth-order valence-electron chi connectivity index (χ4n) is 3.81. The lowest BCUT2D eigenvalue weighted by Crippen LogP contribution is -2.48. The molecule has 2 fully saturated rings. The van der Waals surface area contributed by atoms with E-state index in [1.165, 1.54) is 6.42 Å². The molecule has 1 aromatic carbocycles. The summed E-state index contributed by atoms with van der Waals surface area (Å²) in [5.74, 6) is 0.918. The first-order chi connectivity index (χ1) is 12.6. The highest BCUT2D eigenvalue weighted by molar-refractivity contribution is 5.76. The van der Waals surface area contributed by atoms with Crippen LogP contribution in [0.5, 0.6) is 0 Å². The van der Waals surface area contributed by atoms with Crippen LogP contribution in [0.1, 0.15) is 31.7 Å². The SMILES string of the molecule is CC(=O)N1CCN(c2ccccc2CNC(=O)CCC2CCNC2)CC1. The molecular formula is C20H30N4O2. The summed E-state index contributed by atoms with van der Waals surface area (Å²) in [6, 6.07) is 8.23. The molecule has 0 bridgehead atoms. The number of nitrogens with one attached hydrogen (secondary N) is 2. The van der Waals surface area contributed by atoms with Crippen molar-refractivity contribution in [3.05, 3.63) is 29.8 Å². The normalized spacial score (nSPS) is 20.3. The van der Waals surface area contributed by atoms with Crippen molar-refractivity contribution in [3.8, 4) is 0 Å². The van der Waals surface area contributed by atoms with Gasteiger partial charge in [-0.3, -0.25) is 9.59 Å². The predicted octanol–water partition coefficient (Wildman–Crippen LogP) is 1.36. The number of rotatable bonds is 6. The molecule has 2 aliphatic heterocycles. The van der Waals surface area contributed by atoms with Crippen LogP contribution in [-0.2, 0) is 16.1 Å². The number of benzene rings is 1. The van der Waals surface area contributed by atoms with Crippen LogP contribution < -0.4 is 15.5 Å². The van der Waals surface area contributed by atoms with E-state index in [-0.39, 0.29) is 11.8 Å². The molecule has 1 atom stereocenters. The molecule has 2 heterocycles. The summed E-state index contributed by atoms with van der Waals surface area (Å²) in [7, 11) is 0. The van der Waals surface area contributed by atoms with E-state index in [9.17, 15) is 9.59 Å². The molecule has 1 unspecified atom stereocenters. The van der Waals surface area contributed by atoms with Crippen LogP contribution in [0, 0.1) is 5.92 Å². The van der Waals surface area contributed by atoms with Gasteiger partial charge in [-0.2, -0.15) is 0 Å². The molecule has 3 rings (SSSR count). The second-order valence-electron chi connectivity index (χ2n) is 7.30. The van der Waals surface area contributed by atoms with Crippen molar-refractivity contribution in [1.82, 2.24) is 15.5 Å². The van der Waals surface area contributed by atoms with Crippen molar-refractivity contribution in [3.63, 3.8) is 0 Å². The van der Waals surface area contributed by atoms with Gasteiger partial charge < -0.3 is 20.4 Å². The summed E-state index contributed by atoms with van der Waals surface area (Å²) in [6.45, 7) is 7.49. The summed E-state index contributed by atoms with van der Waals surface area (Å²) in [4.78, 5) is 27.9. The maximum Gasteiger partial charge on any atom is 0.220 e. The molecule has 1 aromatic rings. The maximum atomic E-state index is 12.2. The van der Waals surface area contributed by atoms with Gasteiger partial charge in [0.1, 0.15) is 0 Å². The predicted molar refractivity (Wildman–Crippen MR) is 103 cm³/mol. The van der Waals surface area contributed by atoms with Crippen molar-refractivity contribution >= 4 is 17.5 Å². The van der Waals surface area contributed by atoms with E-state index in [1.54, 1.807) is 6.92 Å². The fraction of sp³-hybridized carbons (Fsp3) is 0.600. The van der Waals surface area contributed by atoms with Crippen LogP contribution >= 0.6 is 0 Å². The van der Waals surface area contributed by atoms with Gasteiger partial charge in [0, 0.05) is 51.8 Å². The highest BCUT2D eigenvalue weighted by Crippen LogP contribution is 2.22. The lowest BCUT2D eigenvalue weighted by molar-refractivity contribution is -0.129. The van der Waals surface area contributed by atoms with Gasteiger partial charge in [0.05, 0.1) is 0 Å². The Hall–Kier alpha value is -2.08. The number of nitrogens with zero attached hydrogens (tertiary/aromatic N) is 2. The lowest BCUT2D eigenvalue weighted by Gasteiger charge is -2.36. The minimum absolute atomic E-state index is 0.133. The fourth-order valence-corrected chi connectivity index (χ4v) is 3.81. The lowest BCUT2D eigenvalue weighted by atomic mass is 10.0. The average molecular weight is 358 g/mol. The van der Waals surface area contributed by atoms with E-state index in [1.807, 2.05) is 17.0 Å². The van der Waals surface area contributed by atoms with E-state index < -0.39 is 0 Å². The van der Waals surface area contributed by atoms with Crippen molar-refractivity contribution < 1.29 is 9.59 Å². The molecule has 0 spiro atoms. The van der Waals surface area contributed by atoms with E-state index in [0.717, 1.165) is 56.9 Å². The third-order valence-electron chi connectivity index (χ3n) is 5.48. The molecule has 6 heteroatoms. The van der Waals surface area contributed by atoms with Crippen molar-refractivity contribution in [2.24, 2.45) is 5.92 Å². The van der Waals surface area contributed by atoms with Crippen LogP contribution in [-0.4, -0.2) is 56.0 Å². The first kappa shape index (κ1) is 18.7. The zero-order chi connectivity index (χ0) is 18.4. The highest BCUT2D eigenvalue weighted by Gasteiger charge is 2.20.